The van der Waals surface area contributed by atoms with Crippen molar-refractivity contribution in [3.05, 3.63) is 69.7 Å². The van der Waals surface area contributed by atoms with Gasteiger partial charge in [0.1, 0.15) is 5.01 Å². The Labute approximate surface area is 169 Å². The third kappa shape index (κ3) is 4.54. The zero-order valence-corrected chi connectivity index (χ0v) is 16.8. The van der Waals surface area contributed by atoms with Crippen molar-refractivity contribution in [2.75, 3.05) is 0 Å². The van der Waals surface area contributed by atoms with E-state index in [0.717, 1.165) is 23.8 Å². The van der Waals surface area contributed by atoms with Crippen LogP contribution >= 0.6 is 22.9 Å². The first kappa shape index (κ1) is 20.8. The smallest absolute Gasteiger partial charge is 0.241 e. The molecule has 1 heterocycles. The Hall–Kier alpha value is -1.94. The van der Waals surface area contributed by atoms with Crippen LogP contribution in [0.5, 0.6) is 0 Å². The summed E-state index contributed by atoms with van der Waals surface area (Å²) in [6.45, 7) is 1.64. The van der Waals surface area contributed by atoms with Crippen molar-refractivity contribution in [3.63, 3.8) is 0 Å². The molecule has 4 nitrogen and oxygen atoms in total. The van der Waals surface area contributed by atoms with Gasteiger partial charge in [0.05, 0.1) is 21.2 Å². The Bertz CT molecular complexity index is 1110. The summed E-state index contributed by atoms with van der Waals surface area (Å²) < 4.78 is 65.6. The number of nitrogens with one attached hydrogen (secondary N) is 1. The van der Waals surface area contributed by atoms with Crippen molar-refractivity contribution in [1.29, 1.82) is 0 Å². The van der Waals surface area contributed by atoms with E-state index in [1.54, 1.807) is 25.1 Å². The molecule has 0 spiro atoms. The number of thiazole rings is 1. The number of rotatable bonds is 5. The van der Waals surface area contributed by atoms with Crippen molar-refractivity contribution >= 4 is 33.0 Å². The molecule has 1 N–H and O–H groups in total. The van der Waals surface area contributed by atoms with Crippen LogP contribution in [0, 0.1) is 6.92 Å². The lowest BCUT2D eigenvalue weighted by Crippen LogP contribution is -2.23. The maximum absolute atomic E-state index is 12.8. The molecular formula is C18H14ClF3N2O2S2. The van der Waals surface area contributed by atoms with Crippen molar-refractivity contribution in [2.24, 2.45) is 0 Å². The molecule has 2 aromatic carbocycles. The summed E-state index contributed by atoms with van der Waals surface area (Å²) in [4.78, 5) is 4.61. The van der Waals surface area contributed by atoms with Gasteiger partial charge in [0, 0.05) is 17.0 Å². The monoisotopic (exact) mass is 446 g/mol. The first-order valence-corrected chi connectivity index (χ1v) is 10.6. The van der Waals surface area contributed by atoms with E-state index in [4.69, 9.17) is 11.6 Å². The Morgan fingerprint density at radius 3 is 2.54 bits per heavy atom. The van der Waals surface area contributed by atoms with Gasteiger partial charge in [0.2, 0.25) is 10.0 Å². The fraction of sp³-hybridized carbons (Fsp3) is 0.167. The average Bonchev–Trinajstić information content (AvgIpc) is 3.00. The van der Waals surface area contributed by atoms with E-state index < -0.39 is 26.7 Å². The highest BCUT2D eigenvalue weighted by Gasteiger charge is 2.31. The van der Waals surface area contributed by atoms with Crippen LogP contribution in [0.4, 0.5) is 13.2 Å². The van der Waals surface area contributed by atoms with Crippen molar-refractivity contribution in [1.82, 2.24) is 9.71 Å². The molecule has 148 valence electrons. The van der Waals surface area contributed by atoms with E-state index in [1.165, 1.54) is 11.3 Å². The lowest BCUT2D eigenvalue weighted by Gasteiger charge is -2.10. The highest BCUT2D eigenvalue weighted by molar-refractivity contribution is 7.89. The second-order valence-electron chi connectivity index (χ2n) is 5.86. The van der Waals surface area contributed by atoms with Gasteiger partial charge in [-0.1, -0.05) is 35.9 Å². The number of halogens is 4. The molecule has 3 rings (SSSR count). The Morgan fingerprint density at radius 1 is 1.14 bits per heavy atom. The third-order valence-corrected chi connectivity index (χ3v) is 6.81. The molecule has 0 amide bonds. The number of benzene rings is 2. The van der Waals surface area contributed by atoms with Crippen LogP contribution in [0.25, 0.3) is 10.6 Å². The topological polar surface area (TPSA) is 59.1 Å². The van der Waals surface area contributed by atoms with Gasteiger partial charge in [-0.2, -0.15) is 13.2 Å². The number of aromatic nitrogens is 1. The number of sulfonamides is 1. The summed E-state index contributed by atoms with van der Waals surface area (Å²) in [6, 6.07) is 10.7. The molecule has 0 unspecified atom stereocenters. The second-order valence-corrected chi connectivity index (χ2v) is 9.12. The minimum atomic E-state index is -4.62. The van der Waals surface area contributed by atoms with Crippen LogP contribution in [-0.4, -0.2) is 13.4 Å². The first-order chi connectivity index (χ1) is 13.1. The highest BCUT2D eigenvalue weighted by Crippen LogP contribution is 2.33. The van der Waals surface area contributed by atoms with Gasteiger partial charge in [-0.15, -0.1) is 11.3 Å². The lowest BCUT2D eigenvalue weighted by molar-refractivity contribution is -0.137. The number of aryl methyl sites for hydroxylation is 1. The second kappa shape index (κ2) is 7.82. The predicted octanol–water partition coefficient (Wildman–Crippen LogP) is 5.27. The van der Waals surface area contributed by atoms with Gasteiger partial charge in [-0.05, 0) is 31.2 Å². The molecule has 0 saturated carbocycles. The average molecular weight is 447 g/mol. The summed E-state index contributed by atoms with van der Waals surface area (Å²) >= 11 is 7.43. The molecule has 0 atom stereocenters. The third-order valence-electron chi connectivity index (χ3n) is 3.89. The molecule has 0 fully saturated rings. The van der Waals surface area contributed by atoms with E-state index in [1.807, 2.05) is 6.07 Å². The maximum atomic E-state index is 12.8. The molecule has 3 aromatic rings. The number of alkyl halides is 3. The van der Waals surface area contributed by atoms with Crippen LogP contribution < -0.4 is 4.72 Å². The molecule has 0 aliphatic heterocycles. The predicted molar refractivity (Wildman–Crippen MR) is 103 cm³/mol. The quantitative estimate of drug-likeness (QED) is 0.581. The van der Waals surface area contributed by atoms with Crippen LogP contribution in [0.1, 0.15) is 16.1 Å². The molecule has 0 radical (unpaired) electrons. The molecular weight excluding hydrogens is 433 g/mol. The number of hydrogen-bond acceptors (Lipinski definition) is 4. The lowest BCUT2D eigenvalue weighted by atomic mass is 10.2. The van der Waals surface area contributed by atoms with Crippen LogP contribution in [0.2, 0.25) is 5.02 Å². The summed E-state index contributed by atoms with van der Waals surface area (Å²) in [5.41, 5.74) is 0.321. The molecule has 0 saturated heterocycles. The Kier molecular flexibility index (Phi) is 5.81. The molecule has 10 heteroatoms. The fourth-order valence-electron chi connectivity index (χ4n) is 2.43. The van der Waals surface area contributed by atoms with E-state index in [0.29, 0.717) is 26.7 Å². The van der Waals surface area contributed by atoms with Gasteiger partial charge < -0.3 is 0 Å². The zero-order chi connectivity index (χ0) is 20.5. The van der Waals surface area contributed by atoms with Crippen molar-refractivity contribution in [2.45, 2.75) is 24.5 Å². The number of hydrogen-bond donors (Lipinski definition) is 1. The normalized spacial score (nSPS) is 12.3. The van der Waals surface area contributed by atoms with E-state index in [-0.39, 0.29) is 6.54 Å². The molecule has 28 heavy (non-hydrogen) atoms. The molecule has 0 aliphatic carbocycles. The van der Waals surface area contributed by atoms with Crippen molar-refractivity contribution in [3.8, 4) is 10.6 Å². The van der Waals surface area contributed by atoms with Gasteiger partial charge >= 0.3 is 6.18 Å². The Balaban J connectivity index is 1.82. The molecule has 0 bridgehead atoms. The summed E-state index contributed by atoms with van der Waals surface area (Å²) in [5, 5.41) is 1.16. The zero-order valence-electron chi connectivity index (χ0n) is 14.4. The first-order valence-electron chi connectivity index (χ1n) is 7.96. The number of nitrogens with zero attached hydrogens (tertiary/aromatic N) is 1. The standard InChI is InChI=1S/C18H14ClF3N2O2S2/c1-11-16(27-17(24-11)14-7-2-3-8-15(14)19)10-23-28(25,26)13-6-4-5-12(9-13)18(20,21)22/h2-9,23H,10H2,1H3. The summed E-state index contributed by atoms with van der Waals surface area (Å²) in [7, 11) is -4.12. The van der Waals surface area contributed by atoms with Crippen molar-refractivity contribution < 1.29 is 21.6 Å². The summed E-state index contributed by atoms with van der Waals surface area (Å²) in [6.07, 6.45) is -4.62. The molecule has 1 aromatic heterocycles. The molecule has 0 aliphatic rings. The maximum Gasteiger partial charge on any atom is 0.416 e. The fourth-order valence-corrected chi connectivity index (χ4v) is 4.88. The van der Waals surface area contributed by atoms with Crippen LogP contribution in [0.15, 0.2) is 53.4 Å². The van der Waals surface area contributed by atoms with Gasteiger partial charge in [-0.25, -0.2) is 18.1 Å². The van der Waals surface area contributed by atoms with E-state index >= 15 is 0 Å². The Morgan fingerprint density at radius 2 is 1.86 bits per heavy atom. The van der Waals surface area contributed by atoms with Gasteiger partial charge in [0.15, 0.2) is 0 Å². The summed E-state index contributed by atoms with van der Waals surface area (Å²) in [5.74, 6) is 0. The van der Waals surface area contributed by atoms with E-state index in [2.05, 4.69) is 9.71 Å². The van der Waals surface area contributed by atoms with Crippen LogP contribution in [0.3, 0.4) is 0 Å². The van der Waals surface area contributed by atoms with Gasteiger partial charge in [0.25, 0.3) is 0 Å². The minimum Gasteiger partial charge on any atom is -0.241 e. The minimum absolute atomic E-state index is 0.0907. The van der Waals surface area contributed by atoms with Crippen LogP contribution in [-0.2, 0) is 22.7 Å². The largest absolute Gasteiger partial charge is 0.416 e. The SMILES string of the molecule is Cc1nc(-c2ccccc2Cl)sc1CNS(=O)(=O)c1cccc(C(F)(F)F)c1. The van der Waals surface area contributed by atoms with E-state index in [9.17, 15) is 21.6 Å². The highest BCUT2D eigenvalue weighted by atomic mass is 35.5. The van der Waals surface area contributed by atoms with Gasteiger partial charge in [-0.3, -0.25) is 0 Å².